The van der Waals surface area contributed by atoms with Crippen LogP contribution in [0.3, 0.4) is 0 Å². The second kappa shape index (κ2) is 39.5. The minimum absolute atomic E-state index is 0. The molecule has 2 N–H and O–H groups in total. The molecule has 14 heteroatoms. The van der Waals surface area contributed by atoms with Crippen molar-refractivity contribution in [1.29, 1.82) is 0 Å². The predicted octanol–water partition coefficient (Wildman–Crippen LogP) is 1.74. The maximum absolute atomic E-state index is 10.9. The third-order valence-corrected chi connectivity index (χ3v) is 11.2. The molecule has 288 valence electrons. The normalized spacial score (nSPS) is 12.6. The van der Waals surface area contributed by atoms with E-state index in [1.807, 2.05) is 0 Å². The van der Waals surface area contributed by atoms with E-state index >= 15 is 0 Å². The van der Waals surface area contributed by atoms with Crippen LogP contribution in [0.15, 0.2) is 0 Å². The summed E-state index contributed by atoms with van der Waals surface area (Å²) in [4.78, 5) is 21.3. The van der Waals surface area contributed by atoms with Crippen LogP contribution in [0.25, 0.3) is 0 Å². The van der Waals surface area contributed by atoms with Gasteiger partial charge in [0.05, 0.1) is 11.9 Å². The summed E-state index contributed by atoms with van der Waals surface area (Å²) in [6.45, 7) is 4.46. The number of hydrogen-bond acceptors (Lipinski definition) is 8. The van der Waals surface area contributed by atoms with Gasteiger partial charge in [-0.1, -0.05) is 194 Å². The molecule has 2 unspecified atom stereocenters. The Bertz CT molecular complexity index is 901. The second-order valence-electron chi connectivity index (χ2n) is 13.4. The molecule has 0 aromatic heterocycles. The summed E-state index contributed by atoms with van der Waals surface area (Å²) in [6.07, 6.45) is 32.7. The van der Waals surface area contributed by atoms with Crippen LogP contribution < -0.4 is 69.3 Å². The molecule has 0 saturated carbocycles. The van der Waals surface area contributed by atoms with Gasteiger partial charge in [0.1, 0.15) is 10.5 Å². The first kappa shape index (κ1) is 57.5. The monoisotopic (exact) mass is 772 g/mol. The Morgan fingerprint density at radius 2 is 0.560 bits per heavy atom. The van der Waals surface area contributed by atoms with Gasteiger partial charge >= 0.3 is 59.1 Å². The number of unbranched alkanes of at least 4 members (excludes halogenated alkanes) is 26. The molecule has 0 rings (SSSR count). The number of rotatable bonds is 34. The fraction of sp³-hybridized carbons (Fsp3) is 0.944. The zero-order chi connectivity index (χ0) is 36.5. The minimum Gasteiger partial charge on any atom is -0.549 e. The van der Waals surface area contributed by atoms with Gasteiger partial charge in [-0.2, -0.15) is 16.8 Å². The van der Waals surface area contributed by atoms with Crippen molar-refractivity contribution in [3.63, 3.8) is 0 Å². The standard InChI is InChI=1S/2C18H36O5S.2Na/c2*1-2-3-4-5-6-7-8-9-10-11-12-13-14-15-16-17(18(19)20)24(21,22)23;;/h2*17H,2-16H2,1H3,(H,19,20)(H,21,22,23);;/q;;2*+1/p-2. The van der Waals surface area contributed by atoms with Crippen LogP contribution in [0.1, 0.15) is 206 Å². The fourth-order valence-electron chi connectivity index (χ4n) is 5.83. The van der Waals surface area contributed by atoms with Crippen molar-refractivity contribution in [2.75, 3.05) is 0 Å². The van der Waals surface area contributed by atoms with E-state index in [0.29, 0.717) is 12.8 Å². The molecule has 0 aliphatic carbocycles. The van der Waals surface area contributed by atoms with Crippen molar-refractivity contribution in [2.45, 2.75) is 217 Å². The number of carboxylic acids is 2. The Balaban J connectivity index is -0.000000407. The average molecular weight is 773 g/mol. The summed E-state index contributed by atoms with van der Waals surface area (Å²) in [5.74, 6) is -3.43. The van der Waals surface area contributed by atoms with Crippen LogP contribution in [0.2, 0.25) is 0 Å². The third kappa shape index (κ3) is 40.0. The van der Waals surface area contributed by atoms with E-state index in [0.717, 1.165) is 38.5 Å². The van der Waals surface area contributed by atoms with Crippen LogP contribution >= 0.6 is 0 Å². The second-order valence-corrected chi connectivity index (χ2v) is 16.6. The molecular formula is C36H70Na2O10S2. The van der Waals surface area contributed by atoms with Gasteiger partial charge in [0.2, 0.25) is 0 Å². The first-order valence-corrected chi connectivity index (χ1v) is 22.1. The maximum Gasteiger partial charge on any atom is 1.00 e. The van der Waals surface area contributed by atoms with Gasteiger partial charge in [-0.05, 0) is 12.8 Å². The predicted molar refractivity (Wildman–Crippen MR) is 191 cm³/mol. The third-order valence-electron chi connectivity index (χ3n) is 8.88. The number of carbonyl (C=O) groups is 2. The van der Waals surface area contributed by atoms with E-state index in [1.165, 1.54) is 128 Å². The molecule has 0 fully saturated rings. The molecule has 10 nitrogen and oxygen atoms in total. The number of aliphatic carboxylic acids is 2. The van der Waals surface area contributed by atoms with Crippen molar-refractivity contribution in [1.82, 2.24) is 0 Å². The van der Waals surface area contributed by atoms with E-state index in [-0.39, 0.29) is 72.0 Å². The minimum atomic E-state index is -4.54. The summed E-state index contributed by atoms with van der Waals surface area (Å²) >= 11 is 0. The first-order chi connectivity index (χ1) is 22.8. The molecule has 0 aliphatic heterocycles. The zero-order valence-corrected chi connectivity index (χ0v) is 38.0. The quantitative estimate of drug-likeness (QED) is 0.0554. The molecule has 0 aliphatic rings. The Morgan fingerprint density at radius 3 is 0.700 bits per heavy atom. The summed E-state index contributed by atoms with van der Waals surface area (Å²) in [7, 11) is -9.09. The van der Waals surface area contributed by atoms with Crippen molar-refractivity contribution in [3.05, 3.63) is 0 Å². The maximum atomic E-state index is 10.9. The summed E-state index contributed by atoms with van der Waals surface area (Å²) < 4.78 is 61.1. The molecule has 50 heavy (non-hydrogen) atoms. The van der Waals surface area contributed by atoms with E-state index in [2.05, 4.69) is 13.8 Å². The van der Waals surface area contributed by atoms with E-state index < -0.39 is 42.7 Å². The smallest absolute Gasteiger partial charge is 0.549 e. The molecule has 0 aromatic carbocycles. The number of hydrogen-bond donors (Lipinski definition) is 2. The molecule has 2 atom stereocenters. The molecule has 0 aromatic rings. The summed E-state index contributed by atoms with van der Waals surface area (Å²) in [6, 6.07) is 0. The Kier molecular flexibility index (Phi) is 45.4. The number of carbonyl (C=O) groups excluding carboxylic acids is 2. The Morgan fingerprint density at radius 1 is 0.400 bits per heavy atom. The molecule has 0 radical (unpaired) electrons. The van der Waals surface area contributed by atoms with Crippen molar-refractivity contribution in [3.8, 4) is 0 Å². The van der Waals surface area contributed by atoms with E-state index in [9.17, 15) is 36.6 Å². The molecular weight excluding hydrogens is 703 g/mol. The van der Waals surface area contributed by atoms with E-state index in [1.54, 1.807) is 0 Å². The summed E-state index contributed by atoms with van der Waals surface area (Å²) in [5, 5.41) is 17.8. The van der Waals surface area contributed by atoms with Crippen LogP contribution in [-0.4, -0.2) is 48.4 Å². The van der Waals surface area contributed by atoms with Crippen molar-refractivity contribution >= 4 is 32.2 Å². The van der Waals surface area contributed by atoms with Gasteiger partial charge in [-0.25, -0.2) is 0 Å². The van der Waals surface area contributed by atoms with Gasteiger partial charge in [0.25, 0.3) is 20.2 Å². The van der Waals surface area contributed by atoms with E-state index in [4.69, 9.17) is 9.11 Å². The molecule has 0 saturated heterocycles. The SMILES string of the molecule is CCCCCCCCCCCCCCCCC(C(=O)[O-])S(=O)(=O)O.CCCCCCCCCCCCCCCCC(C(=O)[O-])S(=O)(=O)O.[Na+].[Na+]. The number of carboxylic acid groups (broad SMARTS) is 2. The van der Waals surface area contributed by atoms with Crippen molar-refractivity contribution in [2.24, 2.45) is 0 Å². The van der Waals surface area contributed by atoms with Crippen LogP contribution in [-0.2, 0) is 29.8 Å². The fourth-order valence-corrected chi connectivity index (χ4v) is 7.24. The summed E-state index contributed by atoms with van der Waals surface area (Å²) in [5.41, 5.74) is 0. The molecule has 0 amide bonds. The van der Waals surface area contributed by atoms with Crippen LogP contribution in [0.5, 0.6) is 0 Å². The topological polar surface area (TPSA) is 189 Å². The van der Waals surface area contributed by atoms with Gasteiger partial charge in [-0.15, -0.1) is 0 Å². The molecule has 0 heterocycles. The zero-order valence-electron chi connectivity index (χ0n) is 32.3. The first-order valence-electron chi connectivity index (χ1n) is 19.1. The van der Waals surface area contributed by atoms with Crippen molar-refractivity contribution < 1.29 is 105 Å². The average Bonchev–Trinajstić information content (AvgIpc) is 2.99. The van der Waals surface area contributed by atoms with Gasteiger partial charge < -0.3 is 19.8 Å². The van der Waals surface area contributed by atoms with Gasteiger partial charge in [0, 0.05) is 0 Å². The molecule has 0 bridgehead atoms. The van der Waals surface area contributed by atoms with Crippen LogP contribution in [0.4, 0.5) is 0 Å². The largest absolute Gasteiger partial charge is 1.00 e. The molecule has 0 spiro atoms. The Hall–Kier alpha value is 0.760. The Labute approximate surface area is 351 Å². The van der Waals surface area contributed by atoms with Gasteiger partial charge in [0.15, 0.2) is 0 Å². The van der Waals surface area contributed by atoms with Crippen LogP contribution in [0, 0.1) is 0 Å². The van der Waals surface area contributed by atoms with Gasteiger partial charge in [-0.3, -0.25) is 9.11 Å².